The highest BCUT2D eigenvalue weighted by molar-refractivity contribution is 6.21. The van der Waals surface area contributed by atoms with Crippen molar-refractivity contribution >= 4 is 43.1 Å². The number of fused-ring (bicyclic) bond motifs is 6. The number of hydrogen-bond donors (Lipinski definition) is 0. The second-order valence-electron chi connectivity index (χ2n) is 11.1. The number of nitrogens with zero attached hydrogens (tertiary/aromatic N) is 4. The van der Waals surface area contributed by atoms with Crippen molar-refractivity contribution in [2.24, 2.45) is 9.98 Å². The van der Waals surface area contributed by atoms with Crippen LogP contribution in [0.15, 0.2) is 88.8 Å². The molecule has 0 amide bonds. The fourth-order valence-electron chi connectivity index (χ4n) is 6.26. The van der Waals surface area contributed by atoms with Crippen molar-refractivity contribution in [1.82, 2.24) is 0 Å². The van der Waals surface area contributed by atoms with E-state index in [2.05, 4.69) is 9.98 Å². The lowest BCUT2D eigenvalue weighted by Crippen LogP contribution is -2.10. The van der Waals surface area contributed by atoms with E-state index < -0.39 is 40.9 Å². The molecule has 240 valence electrons. The highest BCUT2D eigenvalue weighted by Gasteiger charge is 2.36. The van der Waals surface area contributed by atoms with Gasteiger partial charge in [-0.15, -0.1) is 0 Å². The number of hydrogen-bond acceptors (Lipinski definition) is 4. The highest BCUT2D eigenvalue weighted by atomic mass is 19.4. The average molecular weight is 673 g/mol. The molecule has 49 heavy (non-hydrogen) atoms. The van der Waals surface area contributed by atoms with Crippen molar-refractivity contribution in [2.45, 2.75) is 12.4 Å². The lowest BCUT2D eigenvalue weighted by Gasteiger charge is -2.11. The monoisotopic (exact) mass is 672 g/mol. The van der Waals surface area contributed by atoms with Crippen LogP contribution in [-0.2, 0) is 12.4 Å². The van der Waals surface area contributed by atoms with Gasteiger partial charge in [0.2, 0.25) is 12.4 Å². The molecule has 0 saturated carbocycles. The molecule has 7 aromatic rings. The Morgan fingerprint density at radius 3 is 1.45 bits per heavy atom. The number of alkyl halides is 6. The van der Waals surface area contributed by atoms with E-state index in [4.69, 9.17) is 0 Å². The molecule has 13 heteroatoms. The molecule has 0 N–H and O–H groups in total. The Kier molecular flexibility index (Phi) is 7.00. The van der Waals surface area contributed by atoms with E-state index in [1.165, 1.54) is 30.3 Å². The van der Waals surface area contributed by atoms with Gasteiger partial charge in [0.05, 0.1) is 21.8 Å². The SMILES string of the molecule is N#CN=c1c2cc(-c3cc(F)cc(C(F)(F)F)c3)ccc2c2cc3c(cc12)c(=NC#N)c1cc(-c2cc(F)c(F)c(C(F)(F)F)c2)ccc13. The van der Waals surface area contributed by atoms with Crippen molar-refractivity contribution in [3.63, 3.8) is 0 Å². The largest absolute Gasteiger partial charge is 0.419 e. The molecule has 0 spiro atoms. The minimum Gasteiger partial charge on any atom is -0.207 e. The molecule has 0 aliphatic rings. The Labute approximate surface area is 268 Å². The fourth-order valence-corrected chi connectivity index (χ4v) is 6.26. The third-order valence-electron chi connectivity index (χ3n) is 8.35. The van der Waals surface area contributed by atoms with Gasteiger partial charge in [-0.2, -0.15) is 46.9 Å². The summed E-state index contributed by atoms with van der Waals surface area (Å²) in [6.07, 6.45) is -6.54. The zero-order valence-electron chi connectivity index (χ0n) is 24.2. The Bertz CT molecular complexity index is 2750. The van der Waals surface area contributed by atoms with Crippen LogP contribution < -0.4 is 10.7 Å². The lowest BCUT2D eigenvalue weighted by atomic mass is 9.99. The minimum atomic E-state index is -5.16. The van der Waals surface area contributed by atoms with Gasteiger partial charge in [0.1, 0.15) is 5.82 Å². The predicted molar refractivity (Wildman–Crippen MR) is 162 cm³/mol. The Morgan fingerprint density at radius 1 is 0.469 bits per heavy atom. The Hall–Kier alpha value is -6.21. The van der Waals surface area contributed by atoms with E-state index in [0.29, 0.717) is 61.3 Å². The molecule has 0 atom stereocenters. The number of benzene rings is 5. The standard InChI is InChI=1S/C36H13F9N4/c37-21-6-18(5-20(11-21)35(40,41)42)16-1-3-22-24-12-25-23-4-2-17(19-9-30(36(43,44)45)32(39)31(38)10-19)8-27(23)34(49-15-47)29(25)13-28(24)33(48-14-46)26(22)7-16/h1-13H. The van der Waals surface area contributed by atoms with Crippen molar-refractivity contribution in [2.75, 3.05) is 0 Å². The van der Waals surface area contributed by atoms with Gasteiger partial charge in [-0.25, -0.2) is 13.2 Å². The Morgan fingerprint density at radius 2 is 0.959 bits per heavy atom. The van der Waals surface area contributed by atoms with Crippen molar-refractivity contribution < 1.29 is 39.5 Å². The van der Waals surface area contributed by atoms with Crippen LogP contribution in [0.4, 0.5) is 39.5 Å². The second kappa shape index (κ2) is 10.9. The first-order chi connectivity index (χ1) is 23.2. The van der Waals surface area contributed by atoms with Crippen LogP contribution in [0.25, 0.3) is 65.3 Å². The summed E-state index contributed by atoms with van der Waals surface area (Å²) in [6, 6.07) is 15.5. The zero-order valence-corrected chi connectivity index (χ0v) is 24.2. The van der Waals surface area contributed by atoms with Gasteiger partial charge in [-0.1, -0.05) is 24.3 Å². The molecule has 0 fully saturated rings. The van der Waals surface area contributed by atoms with E-state index >= 15 is 0 Å². The molecule has 0 heterocycles. The fraction of sp³-hybridized carbons (Fsp3) is 0.0556. The van der Waals surface area contributed by atoms with Gasteiger partial charge in [0.15, 0.2) is 11.6 Å². The molecule has 0 bridgehead atoms. The van der Waals surface area contributed by atoms with Gasteiger partial charge in [-0.05, 0) is 98.4 Å². The summed E-state index contributed by atoms with van der Waals surface area (Å²) < 4.78 is 123. The quantitative estimate of drug-likeness (QED) is 0.136. The van der Waals surface area contributed by atoms with Crippen LogP contribution in [0.3, 0.4) is 0 Å². The first-order valence-corrected chi connectivity index (χ1v) is 14.1. The van der Waals surface area contributed by atoms with E-state index in [9.17, 15) is 50.0 Å². The Balaban J connectivity index is 1.49. The van der Waals surface area contributed by atoms with Gasteiger partial charge in [0, 0.05) is 21.5 Å². The first-order valence-electron chi connectivity index (χ1n) is 14.1. The third-order valence-corrected chi connectivity index (χ3v) is 8.35. The summed E-state index contributed by atoms with van der Waals surface area (Å²) in [6.45, 7) is 0. The smallest absolute Gasteiger partial charge is 0.207 e. The van der Waals surface area contributed by atoms with Gasteiger partial charge < -0.3 is 0 Å². The molecule has 7 rings (SSSR count). The molecule has 7 aromatic carbocycles. The third kappa shape index (κ3) is 5.11. The second-order valence-corrected chi connectivity index (χ2v) is 11.1. The van der Waals surface area contributed by atoms with Gasteiger partial charge in [0.25, 0.3) is 0 Å². The summed E-state index contributed by atoms with van der Waals surface area (Å²) in [7, 11) is 0. The van der Waals surface area contributed by atoms with Crippen LogP contribution in [0.1, 0.15) is 11.1 Å². The molecule has 0 radical (unpaired) electrons. The molecule has 4 nitrogen and oxygen atoms in total. The van der Waals surface area contributed by atoms with Gasteiger partial charge >= 0.3 is 12.4 Å². The predicted octanol–water partition coefficient (Wildman–Crippen LogP) is 9.73. The first kappa shape index (κ1) is 31.4. The molecule has 0 unspecified atom stereocenters. The zero-order chi connectivity index (χ0) is 35.0. The van der Waals surface area contributed by atoms with E-state index in [1.54, 1.807) is 30.6 Å². The maximum absolute atomic E-state index is 14.3. The highest BCUT2D eigenvalue weighted by Crippen LogP contribution is 2.39. The maximum Gasteiger partial charge on any atom is 0.419 e. The maximum atomic E-state index is 14.3. The molecular formula is C36H13F9N4. The van der Waals surface area contributed by atoms with E-state index in [1.807, 2.05) is 0 Å². The van der Waals surface area contributed by atoms with E-state index in [0.717, 1.165) is 12.1 Å². The summed E-state index contributed by atoms with van der Waals surface area (Å²) >= 11 is 0. The van der Waals surface area contributed by atoms with Crippen molar-refractivity contribution in [1.29, 1.82) is 10.5 Å². The summed E-state index contributed by atoms with van der Waals surface area (Å²) in [4.78, 5) is 7.90. The molecular weight excluding hydrogens is 659 g/mol. The number of halogens is 9. The van der Waals surface area contributed by atoms with Crippen molar-refractivity contribution in [3.05, 3.63) is 118 Å². The summed E-state index contributed by atoms with van der Waals surface area (Å²) in [5, 5.41) is 23.0. The van der Waals surface area contributed by atoms with Gasteiger partial charge in [-0.3, -0.25) is 0 Å². The van der Waals surface area contributed by atoms with Crippen molar-refractivity contribution in [3.8, 4) is 34.6 Å². The number of nitriles is 2. The molecule has 0 saturated heterocycles. The molecule has 0 aromatic heterocycles. The van der Waals surface area contributed by atoms with Crippen LogP contribution in [-0.4, -0.2) is 0 Å². The summed E-state index contributed by atoms with van der Waals surface area (Å²) in [5.74, 6) is -4.82. The van der Waals surface area contributed by atoms with Crippen LogP contribution >= 0.6 is 0 Å². The van der Waals surface area contributed by atoms with E-state index in [-0.39, 0.29) is 33.0 Å². The lowest BCUT2D eigenvalue weighted by molar-refractivity contribution is -0.140. The number of rotatable bonds is 2. The normalized spacial score (nSPS) is 13.2. The molecule has 0 aliphatic heterocycles. The van der Waals surface area contributed by atoms with Crippen LogP contribution in [0, 0.1) is 40.4 Å². The minimum absolute atomic E-state index is 0.0542. The molecule has 0 aliphatic carbocycles. The van der Waals surface area contributed by atoms with Crippen LogP contribution in [0.5, 0.6) is 0 Å². The average Bonchev–Trinajstić information content (AvgIpc) is 3.51. The van der Waals surface area contributed by atoms with Crippen LogP contribution in [0.2, 0.25) is 0 Å². The topological polar surface area (TPSA) is 72.3 Å². The summed E-state index contributed by atoms with van der Waals surface area (Å²) in [5.41, 5.74) is -2.96.